The van der Waals surface area contributed by atoms with Crippen LogP contribution in [0.15, 0.2) is 52.7 Å². The minimum absolute atomic E-state index is 0.106. The summed E-state index contributed by atoms with van der Waals surface area (Å²) >= 11 is 0. The Balaban J connectivity index is 2.30. The van der Waals surface area contributed by atoms with Crippen molar-refractivity contribution in [1.29, 1.82) is 0 Å². The Morgan fingerprint density at radius 2 is 1.93 bits per heavy atom. The summed E-state index contributed by atoms with van der Waals surface area (Å²) in [5, 5.41) is 21.8. The molecule has 0 aromatic heterocycles. The van der Waals surface area contributed by atoms with Crippen LogP contribution >= 0.6 is 0 Å². The summed E-state index contributed by atoms with van der Waals surface area (Å²) in [7, 11) is 2.01. The molecule has 0 aromatic rings. The van der Waals surface area contributed by atoms with Gasteiger partial charge in [0.1, 0.15) is 11.7 Å². The quantitative estimate of drug-likeness (QED) is 0.216. The second-order valence-electron chi connectivity index (χ2n) is 11.2. The molecule has 0 saturated carbocycles. The molecule has 40 heavy (non-hydrogen) atoms. The Bertz CT molecular complexity index is 991. The number of aliphatic hydroxyl groups is 2. The third kappa shape index (κ3) is 10.3. The molecule has 2 aliphatic rings. The fourth-order valence-corrected chi connectivity index (χ4v) is 4.79. The van der Waals surface area contributed by atoms with Crippen LogP contribution in [0.2, 0.25) is 0 Å². The smallest absolute Gasteiger partial charge is 0.410 e. The first-order chi connectivity index (χ1) is 18.9. The molecule has 6 atom stereocenters. The molecule has 9 nitrogen and oxygen atoms in total. The zero-order valence-electron chi connectivity index (χ0n) is 25.2. The van der Waals surface area contributed by atoms with E-state index in [0.717, 1.165) is 24.4 Å². The van der Waals surface area contributed by atoms with Crippen molar-refractivity contribution in [3.63, 3.8) is 0 Å². The Kier molecular flexibility index (Phi) is 13.3. The third-order valence-corrected chi connectivity index (χ3v) is 7.56. The predicted octanol–water partition coefficient (Wildman–Crippen LogP) is 4.27. The van der Waals surface area contributed by atoms with E-state index >= 15 is 0 Å². The minimum atomic E-state index is -1.44. The molecule has 2 heterocycles. The van der Waals surface area contributed by atoms with E-state index in [0.29, 0.717) is 13.1 Å². The van der Waals surface area contributed by atoms with Crippen molar-refractivity contribution in [2.75, 3.05) is 33.2 Å². The van der Waals surface area contributed by atoms with Gasteiger partial charge in [-0.1, -0.05) is 44.2 Å². The van der Waals surface area contributed by atoms with Crippen molar-refractivity contribution < 1.29 is 29.3 Å². The number of esters is 1. The summed E-state index contributed by atoms with van der Waals surface area (Å²) in [6, 6.07) is 0. The van der Waals surface area contributed by atoms with Crippen molar-refractivity contribution in [3.05, 3.63) is 47.7 Å². The monoisotopic (exact) mass is 559 g/mol. The molecule has 0 aromatic carbocycles. The molecule has 0 radical (unpaired) electrons. The summed E-state index contributed by atoms with van der Waals surface area (Å²) in [4.78, 5) is 33.9. The summed E-state index contributed by atoms with van der Waals surface area (Å²) in [6.45, 7) is 13.9. The first-order valence-corrected chi connectivity index (χ1v) is 14.3. The van der Waals surface area contributed by atoms with Crippen molar-refractivity contribution in [2.24, 2.45) is 16.8 Å². The number of nitrogens with zero attached hydrogens (tertiary/aromatic N) is 3. The molecule has 2 rings (SSSR count). The molecular formula is C31H49N3O6. The number of carbonyl (C=O) groups excluding carboxylic acids is 2. The number of rotatable bonds is 6. The van der Waals surface area contributed by atoms with Crippen LogP contribution in [-0.2, 0) is 14.3 Å². The number of piperazine rings is 1. The van der Waals surface area contributed by atoms with Gasteiger partial charge in [-0.2, -0.15) is 0 Å². The lowest BCUT2D eigenvalue weighted by Crippen LogP contribution is -2.50. The Morgan fingerprint density at radius 1 is 1.25 bits per heavy atom. The number of carbonyl (C=O) groups is 2. The van der Waals surface area contributed by atoms with Gasteiger partial charge in [-0.05, 0) is 59.2 Å². The first kappa shape index (κ1) is 33.5. The minimum Gasteiger partial charge on any atom is -0.457 e. The number of amides is 1. The van der Waals surface area contributed by atoms with Crippen LogP contribution in [0.3, 0.4) is 0 Å². The molecule has 224 valence electrons. The molecule has 2 N–H and O–H groups in total. The molecule has 9 heteroatoms. The van der Waals surface area contributed by atoms with Crippen molar-refractivity contribution in [2.45, 2.75) is 84.7 Å². The van der Waals surface area contributed by atoms with E-state index < -0.39 is 36.0 Å². The molecule has 1 fully saturated rings. The fourth-order valence-electron chi connectivity index (χ4n) is 4.79. The average Bonchev–Trinajstić information content (AvgIpc) is 2.90. The molecule has 1 amide bonds. The van der Waals surface area contributed by atoms with E-state index in [2.05, 4.69) is 16.8 Å². The van der Waals surface area contributed by atoms with Crippen LogP contribution in [-0.4, -0.2) is 95.4 Å². The molecule has 1 saturated heterocycles. The summed E-state index contributed by atoms with van der Waals surface area (Å²) < 4.78 is 11.7. The molecule has 0 bridgehead atoms. The highest BCUT2D eigenvalue weighted by Crippen LogP contribution is 2.27. The highest BCUT2D eigenvalue weighted by molar-refractivity contribution is 5.70. The number of ether oxygens (including phenoxy) is 2. The highest BCUT2D eigenvalue weighted by Gasteiger charge is 2.36. The van der Waals surface area contributed by atoms with E-state index in [-0.39, 0.29) is 31.1 Å². The topological polar surface area (TPSA) is 112 Å². The molecule has 0 unspecified atom stereocenters. The molecule has 0 aliphatic carbocycles. The lowest BCUT2D eigenvalue weighted by Gasteiger charge is -2.36. The SMILES string of the molecule is C/C=N\C(=C/C)[C@H](C)/C=C/C=C(\C)[C@H]1OC(=O)C[C@H](O)CC[C@@](C)(O)[C@@H](OC(=O)N2CCN(C)CC2)/C=C/[C@@H]1C. The Labute approximate surface area is 239 Å². The van der Waals surface area contributed by atoms with Gasteiger partial charge in [-0.15, -0.1) is 0 Å². The normalized spacial score (nSPS) is 31.9. The van der Waals surface area contributed by atoms with Crippen LogP contribution in [0.4, 0.5) is 4.79 Å². The van der Waals surface area contributed by atoms with Crippen molar-refractivity contribution >= 4 is 18.3 Å². The van der Waals surface area contributed by atoms with Gasteiger partial charge in [0.25, 0.3) is 0 Å². The number of likely N-dealkylation sites (N-methyl/N-ethyl adjacent to an activating group) is 1. The van der Waals surface area contributed by atoms with E-state index in [1.807, 2.05) is 65.1 Å². The maximum absolute atomic E-state index is 13.0. The number of allylic oxidation sites excluding steroid dienone is 4. The first-order valence-electron chi connectivity index (χ1n) is 14.3. The van der Waals surface area contributed by atoms with E-state index in [1.165, 1.54) is 0 Å². The number of aliphatic imine (C=N–C) groups is 1. The summed E-state index contributed by atoms with van der Waals surface area (Å²) in [5.41, 5.74) is 0.337. The zero-order valence-corrected chi connectivity index (χ0v) is 25.2. The van der Waals surface area contributed by atoms with E-state index in [4.69, 9.17) is 9.47 Å². The van der Waals surface area contributed by atoms with Gasteiger partial charge in [-0.25, -0.2) is 4.79 Å². The molecule has 2 aliphatic heterocycles. The van der Waals surface area contributed by atoms with Crippen molar-refractivity contribution in [3.8, 4) is 0 Å². The van der Waals surface area contributed by atoms with Crippen LogP contribution in [0, 0.1) is 11.8 Å². The van der Waals surface area contributed by atoms with Gasteiger partial charge < -0.3 is 29.5 Å². The molecular weight excluding hydrogens is 510 g/mol. The third-order valence-electron chi connectivity index (χ3n) is 7.56. The standard InChI is InChI=1S/C31H49N3O6/c1-8-26(32-9-2)22(3)11-10-12-23(4)29-24(5)13-14-27(39-30(37)34-19-17-33(7)18-20-34)31(6,38)16-15-25(35)21-28(36)40-29/h8-14,22,24-25,27,29,35,38H,15-21H2,1-7H3/b11-10+,14-13+,23-12+,26-8-,32-9-/t22-,24+,25-,27+,29-,31-/m1/s1. The second kappa shape index (κ2) is 15.9. The van der Waals surface area contributed by atoms with Crippen LogP contribution in [0.5, 0.6) is 0 Å². The Hall–Kier alpha value is -2.75. The van der Waals surface area contributed by atoms with Gasteiger partial charge in [0.05, 0.1) is 12.5 Å². The second-order valence-corrected chi connectivity index (χ2v) is 11.2. The number of hydrogen-bond acceptors (Lipinski definition) is 8. The van der Waals surface area contributed by atoms with Crippen LogP contribution in [0.1, 0.15) is 60.8 Å². The zero-order chi connectivity index (χ0) is 29.9. The van der Waals surface area contributed by atoms with Gasteiger partial charge in [0.15, 0.2) is 6.10 Å². The predicted molar refractivity (Wildman–Crippen MR) is 158 cm³/mol. The fraction of sp³-hybridized carbons (Fsp3) is 0.645. The van der Waals surface area contributed by atoms with Crippen molar-refractivity contribution in [1.82, 2.24) is 9.80 Å². The Morgan fingerprint density at radius 3 is 2.55 bits per heavy atom. The molecule has 0 spiro atoms. The highest BCUT2D eigenvalue weighted by atomic mass is 16.6. The van der Waals surface area contributed by atoms with Crippen LogP contribution in [0.25, 0.3) is 0 Å². The largest absolute Gasteiger partial charge is 0.457 e. The average molecular weight is 560 g/mol. The van der Waals surface area contributed by atoms with Gasteiger partial charge in [0, 0.05) is 49.9 Å². The summed E-state index contributed by atoms with van der Waals surface area (Å²) in [6.07, 6.45) is 10.2. The van der Waals surface area contributed by atoms with Crippen LogP contribution < -0.4 is 0 Å². The number of aliphatic hydroxyl groups excluding tert-OH is 1. The maximum Gasteiger partial charge on any atom is 0.410 e. The maximum atomic E-state index is 13.0. The number of hydrogen-bond donors (Lipinski definition) is 2. The number of cyclic esters (lactones) is 1. The lowest BCUT2D eigenvalue weighted by atomic mass is 9.88. The lowest BCUT2D eigenvalue weighted by molar-refractivity contribution is -0.151. The van der Waals surface area contributed by atoms with E-state index in [1.54, 1.807) is 24.1 Å². The van der Waals surface area contributed by atoms with Gasteiger partial charge in [-0.3, -0.25) is 9.79 Å². The van der Waals surface area contributed by atoms with Gasteiger partial charge >= 0.3 is 12.1 Å². The van der Waals surface area contributed by atoms with Gasteiger partial charge in [0.2, 0.25) is 0 Å². The summed E-state index contributed by atoms with van der Waals surface area (Å²) in [5.74, 6) is -0.692. The van der Waals surface area contributed by atoms with E-state index in [9.17, 15) is 19.8 Å².